The summed E-state index contributed by atoms with van der Waals surface area (Å²) in [6, 6.07) is 8.73. The largest absolute Gasteiger partial charge is 0.385 e. The second-order valence-corrected chi connectivity index (χ2v) is 10.8. The van der Waals surface area contributed by atoms with Gasteiger partial charge in [0.05, 0.1) is 6.20 Å². The van der Waals surface area contributed by atoms with E-state index >= 15 is 0 Å². The van der Waals surface area contributed by atoms with Crippen LogP contribution in [0, 0.1) is 16.7 Å². The standard InChI is InChI=1S/C29H37N3O3/c1-28(2)10-7-21(8-11-28)25-18-23(29(9-4-14-34-3)12-15-35-16-13-29)6-5-22(25)17-26(33)27-31-20-24(19-30)32-27/h5-7,18,20H,4,8-17H2,1-3H3,(H,31,32). The van der Waals surface area contributed by atoms with Crippen LogP contribution in [0.2, 0.25) is 0 Å². The molecular weight excluding hydrogens is 438 g/mol. The smallest absolute Gasteiger partial charge is 0.202 e. The molecule has 186 valence electrons. The summed E-state index contributed by atoms with van der Waals surface area (Å²) in [5.41, 5.74) is 5.59. The molecule has 1 aliphatic carbocycles. The van der Waals surface area contributed by atoms with E-state index in [4.69, 9.17) is 14.7 Å². The Hall–Kier alpha value is -2.75. The lowest BCUT2D eigenvalue weighted by atomic mass is 9.69. The number of ketones is 1. The Morgan fingerprint density at radius 1 is 1.26 bits per heavy atom. The van der Waals surface area contributed by atoms with Crippen LogP contribution in [0.25, 0.3) is 5.57 Å². The average molecular weight is 476 g/mol. The first-order valence-electron chi connectivity index (χ1n) is 12.7. The highest BCUT2D eigenvalue weighted by Gasteiger charge is 2.35. The van der Waals surface area contributed by atoms with Gasteiger partial charge in [-0.15, -0.1) is 0 Å². The Bertz CT molecular complexity index is 1120. The summed E-state index contributed by atoms with van der Waals surface area (Å²) >= 11 is 0. The highest BCUT2D eigenvalue weighted by atomic mass is 16.5. The summed E-state index contributed by atoms with van der Waals surface area (Å²) in [6.07, 6.45) is 11.3. The summed E-state index contributed by atoms with van der Waals surface area (Å²) in [4.78, 5) is 20.0. The van der Waals surface area contributed by atoms with Gasteiger partial charge in [0.1, 0.15) is 11.8 Å². The van der Waals surface area contributed by atoms with Gasteiger partial charge in [-0.05, 0) is 78.0 Å². The van der Waals surface area contributed by atoms with Gasteiger partial charge >= 0.3 is 0 Å². The van der Waals surface area contributed by atoms with Crippen molar-refractivity contribution in [1.29, 1.82) is 5.26 Å². The molecule has 1 fully saturated rings. The van der Waals surface area contributed by atoms with E-state index in [0.717, 1.165) is 70.3 Å². The van der Waals surface area contributed by atoms with E-state index in [0.29, 0.717) is 11.1 Å². The Labute approximate surface area is 208 Å². The zero-order valence-electron chi connectivity index (χ0n) is 21.3. The fourth-order valence-corrected chi connectivity index (χ4v) is 5.46. The summed E-state index contributed by atoms with van der Waals surface area (Å²) in [5.74, 6) is 0.147. The van der Waals surface area contributed by atoms with Crippen molar-refractivity contribution in [2.75, 3.05) is 26.9 Å². The van der Waals surface area contributed by atoms with Crippen LogP contribution in [0.1, 0.15) is 91.8 Å². The number of rotatable bonds is 9. The number of Topliss-reactive ketones (excluding diaryl/α,β-unsaturated/α-hetero) is 1. The lowest BCUT2D eigenvalue weighted by Gasteiger charge is -2.39. The summed E-state index contributed by atoms with van der Waals surface area (Å²) in [5, 5.41) is 9.08. The number of methoxy groups -OCH3 is 1. The molecule has 6 heteroatoms. The van der Waals surface area contributed by atoms with Crippen molar-refractivity contribution in [3.8, 4) is 6.07 Å². The maximum Gasteiger partial charge on any atom is 0.202 e. The maximum atomic E-state index is 13.1. The van der Waals surface area contributed by atoms with Crippen molar-refractivity contribution in [2.45, 2.75) is 70.6 Å². The number of nitriles is 1. The van der Waals surface area contributed by atoms with Crippen LogP contribution in [-0.4, -0.2) is 42.7 Å². The van der Waals surface area contributed by atoms with Gasteiger partial charge in [-0.3, -0.25) is 4.79 Å². The molecule has 4 rings (SSSR count). The number of benzene rings is 1. The first-order chi connectivity index (χ1) is 16.9. The van der Waals surface area contributed by atoms with Crippen LogP contribution in [0.5, 0.6) is 0 Å². The van der Waals surface area contributed by atoms with Gasteiger partial charge in [0.15, 0.2) is 5.82 Å². The molecule has 0 radical (unpaired) electrons. The van der Waals surface area contributed by atoms with E-state index in [1.807, 2.05) is 6.07 Å². The molecule has 0 saturated carbocycles. The normalized spacial score (nSPS) is 19.1. The number of H-pyrrole nitrogens is 1. The first-order valence-corrected chi connectivity index (χ1v) is 12.7. The molecule has 1 aromatic carbocycles. The molecule has 1 aromatic heterocycles. The average Bonchev–Trinajstić information content (AvgIpc) is 3.35. The molecule has 1 N–H and O–H groups in total. The fourth-order valence-electron chi connectivity index (χ4n) is 5.46. The van der Waals surface area contributed by atoms with Crippen molar-refractivity contribution in [3.05, 3.63) is 58.7 Å². The van der Waals surface area contributed by atoms with E-state index in [1.54, 1.807) is 7.11 Å². The molecular formula is C29H37N3O3. The Balaban J connectivity index is 1.70. The molecule has 0 atom stereocenters. The Kier molecular flexibility index (Phi) is 7.88. The number of nitrogens with one attached hydrogen (secondary N) is 1. The molecule has 2 aliphatic rings. The number of hydrogen-bond acceptors (Lipinski definition) is 5. The van der Waals surface area contributed by atoms with Crippen molar-refractivity contribution in [1.82, 2.24) is 9.97 Å². The SMILES string of the molecule is COCCCC1(c2ccc(CC(=O)c3ncc(C#N)[nH]3)c(C3=CCC(C)(C)CC3)c2)CCOCC1. The van der Waals surface area contributed by atoms with Crippen molar-refractivity contribution in [2.24, 2.45) is 5.41 Å². The highest BCUT2D eigenvalue weighted by Crippen LogP contribution is 2.43. The Morgan fingerprint density at radius 2 is 2.06 bits per heavy atom. The predicted molar refractivity (Wildman–Crippen MR) is 136 cm³/mol. The monoisotopic (exact) mass is 475 g/mol. The second-order valence-electron chi connectivity index (χ2n) is 10.8. The van der Waals surface area contributed by atoms with Gasteiger partial charge < -0.3 is 14.5 Å². The van der Waals surface area contributed by atoms with Crippen LogP contribution in [0.4, 0.5) is 0 Å². The summed E-state index contributed by atoms with van der Waals surface area (Å²) < 4.78 is 11.1. The first kappa shape index (κ1) is 25.3. The third-order valence-electron chi connectivity index (χ3n) is 7.81. The van der Waals surface area contributed by atoms with Crippen LogP contribution in [-0.2, 0) is 21.3 Å². The molecule has 0 amide bonds. The minimum absolute atomic E-state index is 0.0747. The molecule has 2 heterocycles. The fraction of sp³-hybridized carbons (Fsp3) is 0.552. The molecule has 6 nitrogen and oxygen atoms in total. The molecule has 0 spiro atoms. The number of nitrogens with zero attached hydrogens (tertiary/aromatic N) is 2. The van der Waals surface area contributed by atoms with Gasteiger partial charge in [-0.1, -0.05) is 38.1 Å². The molecule has 0 bridgehead atoms. The van der Waals surface area contributed by atoms with Gasteiger partial charge in [-0.25, -0.2) is 4.98 Å². The van der Waals surface area contributed by atoms with Crippen LogP contribution in [0.3, 0.4) is 0 Å². The minimum atomic E-state index is -0.0990. The number of carbonyl (C=O) groups is 1. The topological polar surface area (TPSA) is 88.0 Å². The van der Waals surface area contributed by atoms with Gasteiger partial charge in [0, 0.05) is 33.4 Å². The molecule has 1 saturated heterocycles. The number of allylic oxidation sites excluding steroid dienone is 2. The van der Waals surface area contributed by atoms with Gasteiger partial charge in [0.25, 0.3) is 0 Å². The van der Waals surface area contributed by atoms with Crippen molar-refractivity contribution in [3.63, 3.8) is 0 Å². The summed E-state index contributed by atoms with van der Waals surface area (Å²) in [7, 11) is 1.76. The number of imidazole rings is 1. The van der Waals surface area contributed by atoms with Gasteiger partial charge in [0.2, 0.25) is 5.78 Å². The number of ether oxygens (including phenoxy) is 2. The van der Waals surface area contributed by atoms with E-state index in [-0.39, 0.29) is 23.4 Å². The zero-order valence-corrected chi connectivity index (χ0v) is 21.3. The number of aromatic amines is 1. The molecule has 35 heavy (non-hydrogen) atoms. The van der Waals surface area contributed by atoms with Gasteiger partial charge in [-0.2, -0.15) is 5.26 Å². The van der Waals surface area contributed by atoms with E-state index in [1.165, 1.54) is 22.9 Å². The predicted octanol–water partition coefficient (Wildman–Crippen LogP) is 5.78. The van der Waals surface area contributed by atoms with Crippen LogP contribution >= 0.6 is 0 Å². The van der Waals surface area contributed by atoms with Crippen LogP contribution < -0.4 is 0 Å². The van der Waals surface area contributed by atoms with E-state index in [9.17, 15) is 4.79 Å². The third kappa shape index (κ3) is 5.91. The second kappa shape index (κ2) is 10.9. The number of hydrogen-bond donors (Lipinski definition) is 1. The highest BCUT2D eigenvalue weighted by molar-refractivity contribution is 5.95. The maximum absolute atomic E-state index is 13.1. The third-order valence-corrected chi connectivity index (χ3v) is 7.81. The molecule has 0 unspecified atom stereocenters. The van der Waals surface area contributed by atoms with E-state index < -0.39 is 0 Å². The number of carbonyl (C=O) groups excluding carboxylic acids is 1. The summed E-state index contributed by atoms with van der Waals surface area (Å²) in [6.45, 7) is 6.95. The lowest BCUT2D eigenvalue weighted by molar-refractivity contribution is 0.0429. The van der Waals surface area contributed by atoms with Crippen LogP contribution in [0.15, 0.2) is 30.5 Å². The van der Waals surface area contributed by atoms with Crippen molar-refractivity contribution >= 4 is 11.4 Å². The molecule has 1 aliphatic heterocycles. The number of aromatic nitrogens is 2. The molecule has 2 aromatic rings. The zero-order chi connectivity index (χ0) is 24.9. The Morgan fingerprint density at radius 3 is 2.71 bits per heavy atom. The van der Waals surface area contributed by atoms with E-state index in [2.05, 4.69) is 48.1 Å². The lowest BCUT2D eigenvalue weighted by Crippen LogP contribution is -2.34. The minimum Gasteiger partial charge on any atom is -0.385 e. The quantitative estimate of drug-likeness (QED) is 0.367. The van der Waals surface area contributed by atoms with Crippen molar-refractivity contribution < 1.29 is 14.3 Å².